The molecule has 2 heterocycles. The fourth-order valence-corrected chi connectivity index (χ4v) is 2.91. The van der Waals surface area contributed by atoms with E-state index in [9.17, 15) is 9.59 Å². The molecule has 22 heavy (non-hydrogen) atoms. The van der Waals surface area contributed by atoms with E-state index >= 15 is 0 Å². The van der Waals surface area contributed by atoms with Gasteiger partial charge in [0, 0.05) is 11.2 Å². The number of para-hydroxylation sites is 2. The summed E-state index contributed by atoms with van der Waals surface area (Å²) in [6, 6.07) is 12.8. The molecular weight excluding hydrogens is 302 g/mol. The second-order valence-electron chi connectivity index (χ2n) is 5.02. The van der Waals surface area contributed by atoms with Crippen LogP contribution in [-0.2, 0) is 4.79 Å². The molecule has 4 rings (SSSR count). The summed E-state index contributed by atoms with van der Waals surface area (Å²) < 4.78 is 0. The predicted molar refractivity (Wildman–Crippen MR) is 85.2 cm³/mol. The molecule has 108 valence electrons. The zero-order chi connectivity index (χ0) is 15.3. The van der Waals surface area contributed by atoms with Gasteiger partial charge in [-0.2, -0.15) is 0 Å². The number of hydrogen-bond acceptors (Lipinski definition) is 3. The third-order valence-electron chi connectivity index (χ3n) is 3.71. The fraction of sp³-hybridized carbons (Fsp3) is 0.0625. The zero-order valence-electron chi connectivity index (χ0n) is 11.3. The Hall–Kier alpha value is -2.66. The molecular formula is C16H10ClN3O2. The summed E-state index contributed by atoms with van der Waals surface area (Å²) in [5.74, 6) is -0.328. The SMILES string of the molecule is O=C1C2C=Nc3ccccc3N2C(=O)N1c1cccc(Cl)c1. The van der Waals surface area contributed by atoms with Gasteiger partial charge in [0.1, 0.15) is 0 Å². The molecule has 0 radical (unpaired) electrons. The summed E-state index contributed by atoms with van der Waals surface area (Å²) >= 11 is 5.96. The van der Waals surface area contributed by atoms with Crippen LogP contribution in [0.5, 0.6) is 0 Å². The van der Waals surface area contributed by atoms with E-state index in [1.54, 1.807) is 30.3 Å². The summed E-state index contributed by atoms with van der Waals surface area (Å²) in [6.07, 6.45) is 1.51. The number of nitrogens with zero attached hydrogens (tertiary/aromatic N) is 3. The van der Waals surface area contributed by atoms with Crippen LogP contribution in [0.1, 0.15) is 0 Å². The van der Waals surface area contributed by atoms with Crippen molar-refractivity contribution in [3.63, 3.8) is 0 Å². The Morgan fingerprint density at radius 1 is 1.05 bits per heavy atom. The number of rotatable bonds is 1. The zero-order valence-corrected chi connectivity index (χ0v) is 12.1. The molecule has 1 saturated heterocycles. The fourth-order valence-electron chi connectivity index (χ4n) is 2.73. The number of aliphatic imine (C=N–C) groups is 1. The van der Waals surface area contributed by atoms with Gasteiger partial charge in [-0.3, -0.25) is 14.7 Å². The third-order valence-corrected chi connectivity index (χ3v) is 3.95. The van der Waals surface area contributed by atoms with Crippen molar-refractivity contribution in [2.45, 2.75) is 6.04 Å². The van der Waals surface area contributed by atoms with E-state index in [1.165, 1.54) is 11.1 Å². The molecule has 0 saturated carbocycles. The lowest BCUT2D eigenvalue weighted by molar-refractivity contribution is -0.116. The molecule has 0 bridgehead atoms. The van der Waals surface area contributed by atoms with Gasteiger partial charge < -0.3 is 0 Å². The van der Waals surface area contributed by atoms with E-state index in [2.05, 4.69) is 4.99 Å². The van der Waals surface area contributed by atoms with Gasteiger partial charge in [0.2, 0.25) is 0 Å². The lowest BCUT2D eigenvalue weighted by Gasteiger charge is -2.24. The number of benzene rings is 2. The van der Waals surface area contributed by atoms with Gasteiger partial charge >= 0.3 is 6.03 Å². The van der Waals surface area contributed by atoms with Crippen molar-refractivity contribution in [2.24, 2.45) is 4.99 Å². The van der Waals surface area contributed by atoms with Crippen molar-refractivity contribution >= 4 is 46.8 Å². The second-order valence-corrected chi connectivity index (χ2v) is 5.45. The summed E-state index contributed by atoms with van der Waals surface area (Å²) in [6.45, 7) is 0. The molecule has 3 amide bonds. The molecule has 0 spiro atoms. The van der Waals surface area contributed by atoms with Crippen LogP contribution in [0.2, 0.25) is 5.02 Å². The van der Waals surface area contributed by atoms with Gasteiger partial charge in [0.25, 0.3) is 5.91 Å². The number of carbonyl (C=O) groups is 2. The number of halogens is 1. The van der Waals surface area contributed by atoms with Gasteiger partial charge in [-0.25, -0.2) is 9.69 Å². The lowest BCUT2D eigenvalue weighted by Crippen LogP contribution is -2.38. The molecule has 1 unspecified atom stereocenters. The molecule has 2 aliphatic rings. The van der Waals surface area contributed by atoms with E-state index in [4.69, 9.17) is 11.6 Å². The molecule has 2 aromatic rings. The van der Waals surface area contributed by atoms with Crippen LogP contribution in [0.4, 0.5) is 21.9 Å². The van der Waals surface area contributed by atoms with Crippen molar-refractivity contribution in [1.29, 1.82) is 0 Å². The molecule has 1 atom stereocenters. The number of anilines is 2. The largest absolute Gasteiger partial charge is 0.337 e. The summed E-state index contributed by atoms with van der Waals surface area (Å²) in [4.78, 5) is 32.2. The van der Waals surface area contributed by atoms with Gasteiger partial charge in [-0.15, -0.1) is 0 Å². The highest BCUT2D eigenvalue weighted by atomic mass is 35.5. The highest BCUT2D eigenvalue weighted by Gasteiger charge is 2.47. The van der Waals surface area contributed by atoms with Crippen LogP contribution < -0.4 is 9.80 Å². The van der Waals surface area contributed by atoms with Crippen molar-refractivity contribution in [1.82, 2.24) is 0 Å². The average molecular weight is 312 g/mol. The maximum Gasteiger partial charge on any atom is 0.337 e. The highest BCUT2D eigenvalue weighted by molar-refractivity contribution is 6.35. The first-order valence-corrected chi connectivity index (χ1v) is 7.10. The smallest absolute Gasteiger partial charge is 0.274 e. The Balaban J connectivity index is 1.83. The first-order chi connectivity index (χ1) is 10.7. The molecule has 5 nitrogen and oxygen atoms in total. The monoisotopic (exact) mass is 311 g/mol. The van der Waals surface area contributed by atoms with Crippen LogP contribution in [0.25, 0.3) is 0 Å². The number of amides is 3. The van der Waals surface area contributed by atoms with Crippen molar-refractivity contribution in [3.8, 4) is 0 Å². The standard InChI is InChI=1S/C16H10ClN3O2/c17-10-4-3-5-11(8-10)19-15(21)14-9-18-12-6-1-2-7-13(12)20(14)16(19)22/h1-9,14H. The topological polar surface area (TPSA) is 53.0 Å². The van der Waals surface area contributed by atoms with Gasteiger partial charge in [0.15, 0.2) is 6.04 Å². The van der Waals surface area contributed by atoms with E-state index < -0.39 is 12.1 Å². The first kappa shape index (κ1) is 13.0. The molecule has 2 aromatic carbocycles. The molecule has 0 aromatic heterocycles. The Labute approximate surface area is 131 Å². The predicted octanol–water partition coefficient (Wildman–Crippen LogP) is 3.40. The Kier molecular flexibility index (Phi) is 2.77. The van der Waals surface area contributed by atoms with Crippen LogP contribution >= 0.6 is 11.6 Å². The average Bonchev–Trinajstić information content (AvgIpc) is 2.79. The number of urea groups is 1. The number of imide groups is 1. The van der Waals surface area contributed by atoms with Crippen molar-refractivity contribution in [3.05, 3.63) is 53.6 Å². The van der Waals surface area contributed by atoms with Gasteiger partial charge in [-0.1, -0.05) is 29.8 Å². The Bertz CT molecular complexity index is 834. The normalized spacial score (nSPS) is 19.4. The van der Waals surface area contributed by atoms with E-state index in [0.717, 1.165) is 4.90 Å². The summed E-state index contributed by atoms with van der Waals surface area (Å²) in [5.41, 5.74) is 1.77. The number of hydrogen-bond donors (Lipinski definition) is 0. The summed E-state index contributed by atoms with van der Waals surface area (Å²) in [7, 11) is 0. The van der Waals surface area contributed by atoms with Gasteiger partial charge in [-0.05, 0) is 30.3 Å². The Morgan fingerprint density at radius 3 is 2.68 bits per heavy atom. The summed E-state index contributed by atoms with van der Waals surface area (Å²) in [5, 5.41) is 0.469. The van der Waals surface area contributed by atoms with E-state index in [1.807, 2.05) is 18.2 Å². The van der Waals surface area contributed by atoms with Crippen LogP contribution in [0.3, 0.4) is 0 Å². The van der Waals surface area contributed by atoms with E-state index in [-0.39, 0.29) is 5.91 Å². The molecule has 0 N–H and O–H groups in total. The molecule has 2 aliphatic heterocycles. The molecule has 1 fully saturated rings. The minimum absolute atomic E-state index is 0.328. The minimum Gasteiger partial charge on any atom is -0.274 e. The lowest BCUT2D eigenvalue weighted by atomic mass is 10.1. The van der Waals surface area contributed by atoms with E-state index in [0.29, 0.717) is 22.1 Å². The maximum atomic E-state index is 12.8. The Morgan fingerprint density at radius 2 is 1.86 bits per heavy atom. The number of carbonyl (C=O) groups excluding carboxylic acids is 2. The third kappa shape index (κ3) is 1.76. The quantitative estimate of drug-likeness (QED) is 0.758. The van der Waals surface area contributed by atoms with Crippen LogP contribution in [0.15, 0.2) is 53.5 Å². The second kappa shape index (κ2) is 4.68. The van der Waals surface area contributed by atoms with Crippen molar-refractivity contribution < 1.29 is 9.59 Å². The maximum absolute atomic E-state index is 12.8. The van der Waals surface area contributed by atoms with Crippen LogP contribution in [0, 0.1) is 0 Å². The van der Waals surface area contributed by atoms with Crippen molar-refractivity contribution in [2.75, 3.05) is 9.80 Å². The first-order valence-electron chi connectivity index (χ1n) is 6.73. The number of fused-ring (bicyclic) bond motifs is 3. The van der Waals surface area contributed by atoms with Gasteiger partial charge in [0.05, 0.1) is 17.1 Å². The molecule has 0 aliphatic carbocycles. The molecule has 6 heteroatoms. The minimum atomic E-state index is -0.707. The van der Waals surface area contributed by atoms with Crippen LogP contribution in [-0.4, -0.2) is 24.2 Å². The highest BCUT2D eigenvalue weighted by Crippen LogP contribution is 2.38.